The molecule has 8 rings (SSSR count). The Labute approximate surface area is 356 Å². The van der Waals surface area contributed by atoms with E-state index in [4.69, 9.17) is 40.0 Å². The van der Waals surface area contributed by atoms with Crippen molar-refractivity contribution in [3.05, 3.63) is 220 Å². The van der Waals surface area contributed by atoms with Crippen molar-refractivity contribution in [1.82, 2.24) is 0 Å². The molecule has 60 heavy (non-hydrogen) atoms. The second-order valence-corrected chi connectivity index (χ2v) is 15.4. The number of benzene rings is 7. The second-order valence-electron chi connectivity index (χ2n) is 15.0. The van der Waals surface area contributed by atoms with Crippen LogP contribution in [0.25, 0.3) is 10.8 Å². The molecule has 0 radical (unpaired) electrons. The van der Waals surface area contributed by atoms with E-state index in [0.717, 1.165) is 44.2 Å². The molecule has 0 spiro atoms. The third kappa shape index (κ3) is 10.1. The van der Waals surface area contributed by atoms with Crippen LogP contribution in [0, 0.1) is 5.82 Å². The van der Waals surface area contributed by atoms with Crippen molar-refractivity contribution in [3.8, 4) is 5.75 Å². The Kier molecular flexibility index (Phi) is 14.0. The first-order chi connectivity index (χ1) is 29.5. The molecule has 8 heteroatoms. The lowest BCUT2D eigenvalue weighted by molar-refractivity contribution is -0.274. The van der Waals surface area contributed by atoms with E-state index in [1.165, 1.54) is 13.2 Å². The molecule has 306 valence electrons. The van der Waals surface area contributed by atoms with Crippen LogP contribution in [0.15, 0.2) is 170 Å². The van der Waals surface area contributed by atoms with Crippen molar-refractivity contribution in [3.63, 3.8) is 0 Å². The van der Waals surface area contributed by atoms with Crippen LogP contribution < -0.4 is 4.74 Å². The third-order valence-corrected chi connectivity index (χ3v) is 11.4. The molecule has 0 amide bonds. The van der Waals surface area contributed by atoms with Crippen molar-refractivity contribution in [2.24, 2.45) is 0 Å². The lowest BCUT2D eigenvalue weighted by Gasteiger charge is -2.46. The molecule has 1 aliphatic rings. The van der Waals surface area contributed by atoms with Crippen LogP contribution in [0.4, 0.5) is 4.39 Å². The Morgan fingerprint density at radius 3 is 1.58 bits per heavy atom. The van der Waals surface area contributed by atoms with Crippen molar-refractivity contribution >= 4 is 22.4 Å². The minimum absolute atomic E-state index is 0.219. The van der Waals surface area contributed by atoms with Crippen LogP contribution in [0.3, 0.4) is 0 Å². The maximum Gasteiger partial charge on any atom is 0.130 e. The number of rotatable bonds is 17. The number of halogens is 2. The average molecular weight is 823 g/mol. The summed E-state index contributed by atoms with van der Waals surface area (Å²) in [6, 6.07) is 55.3. The van der Waals surface area contributed by atoms with Crippen molar-refractivity contribution in [2.45, 2.75) is 63.4 Å². The van der Waals surface area contributed by atoms with Crippen LogP contribution in [-0.4, -0.2) is 38.1 Å². The summed E-state index contributed by atoms with van der Waals surface area (Å²) in [6.07, 6.45) is -2.92. The maximum atomic E-state index is 15.5. The van der Waals surface area contributed by atoms with E-state index in [9.17, 15) is 0 Å². The summed E-state index contributed by atoms with van der Waals surface area (Å²) in [4.78, 5) is 0. The second kappa shape index (κ2) is 20.3. The number of methoxy groups -OCH3 is 1. The molecular formula is C52H48ClFO6. The fourth-order valence-electron chi connectivity index (χ4n) is 7.84. The molecule has 1 aliphatic heterocycles. The fourth-order valence-corrected chi connectivity index (χ4v) is 8.12. The number of hydrogen-bond acceptors (Lipinski definition) is 6. The van der Waals surface area contributed by atoms with Crippen LogP contribution >= 0.6 is 11.6 Å². The molecule has 0 unspecified atom stereocenters. The van der Waals surface area contributed by atoms with Crippen molar-refractivity contribution < 1.29 is 32.8 Å². The smallest absolute Gasteiger partial charge is 0.130 e. The number of ether oxygens (including phenoxy) is 6. The van der Waals surface area contributed by atoms with Crippen molar-refractivity contribution in [2.75, 3.05) is 13.7 Å². The molecule has 0 aromatic heterocycles. The first kappa shape index (κ1) is 41.4. The Morgan fingerprint density at radius 2 is 1.03 bits per heavy atom. The first-order valence-electron chi connectivity index (χ1n) is 20.3. The lowest BCUT2D eigenvalue weighted by atomic mass is 9.86. The van der Waals surface area contributed by atoms with E-state index >= 15 is 4.39 Å². The van der Waals surface area contributed by atoms with Crippen molar-refractivity contribution in [1.29, 1.82) is 0 Å². The van der Waals surface area contributed by atoms with Crippen LogP contribution in [0.5, 0.6) is 5.75 Å². The van der Waals surface area contributed by atoms with Gasteiger partial charge in [-0.15, -0.1) is 0 Å². The van der Waals surface area contributed by atoms with Gasteiger partial charge in [0.1, 0.15) is 42.1 Å². The normalized spacial score (nSPS) is 19.0. The zero-order valence-electron chi connectivity index (χ0n) is 33.5. The largest absolute Gasteiger partial charge is 0.497 e. The molecule has 1 saturated heterocycles. The summed E-state index contributed by atoms with van der Waals surface area (Å²) in [7, 11) is 1.52. The monoisotopic (exact) mass is 822 g/mol. The Balaban J connectivity index is 1.24. The van der Waals surface area contributed by atoms with E-state index in [1.54, 1.807) is 12.1 Å². The molecule has 7 aromatic rings. The molecule has 1 heterocycles. The fraction of sp³-hybridized carbons (Fsp3) is 0.231. The van der Waals surface area contributed by atoms with E-state index in [0.29, 0.717) is 42.8 Å². The Bertz CT molecular complexity index is 2420. The summed E-state index contributed by atoms with van der Waals surface area (Å²) in [5, 5.41) is 2.27. The van der Waals surface area contributed by atoms with Gasteiger partial charge in [0, 0.05) is 17.9 Å². The van der Waals surface area contributed by atoms with Crippen LogP contribution in [-0.2, 0) is 56.5 Å². The minimum atomic E-state index is -0.682. The summed E-state index contributed by atoms with van der Waals surface area (Å²) < 4.78 is 55.6. The summed E-state index contributed by atoms with van der Waals surface area (Å²) in [5.41, 5.74) is 6.18. The van der Waals surface area contributed by atoms with Gasteiger partial charge in [-0.25, -0.2) is 4.39 Å². The summed E-state index contributed by atoms with van der Waals surface area (Å²) >= 11 is 7.23. The third-order valence-electron chi connectivity index (χ3n) is 10.9. The lowest BCUT2D eigenvalue weighted by Crippen LogP contribution is -2.58. The zero-order valence-corrected chi connectivity index (χ0v) is 34.3. The minimum Gasteiger partial charge on any atom is -0.497 e. The van der Waals surface area contributed by atoms with Gasteiger partial charge in [-0.3, -0.25) is 0 Å². The Morgan fingerprint density at radius 1 is 0.533 bits per heavy atom. The van der Waals surface area contributed by atoms with Gasteiger partial charge in [0.05, 0.1) is 45.2 Å². The molecule has 6 nitrogen and oxygen atoms in total. The van der Waals surface area contributed by atoms with E-state index in [2.05, 4.69) is 0 Å². The highest BCUT2D eigenvalue weighted by Gasteiger charge is 2.49. The quantitative estimate of drug-likeness (QED) is 0.0912. The molecule has 7 aromatic carbocycles. The van der Waals surface area contributed by atoms with Gasteiger partial charge in [0.15, 0.2) is 0 Å². The molecule has 0 saturated carbocycles. The number of fused-ring (bicyclic) bond motifs is 1. The van der Waals surface area contributed by atoms with E-state index in [1.807, 2.05) is 152 Å². The number of hydrogen-bond donors (Lipinski definition) is 0. The van der Waals surface area contributed by atoms with Gasteiger partial charge in [-0.2, -0.15) is 0 Å². The Hall–Kier alpha value is -5.38. The standard InChI is InChI=1S/C52H48ClFO6/c1-55-42-27-26-40(46(54)30-42)28-41-29-45(43-24-14-15-25-44(43)48(41)53)49-51(58-33-38-20-10-4-11-21-38)52(59-34-39-22-12-5-13-23-39)50(57-32-37-18-8-3-9-19-37)47(60-49)35-56-31-36-16-6-2-7-17-36/h2-27,29-30,47,49-52H,28,31-35H2,1H3/t47-,49+,50-,51+,52+/m1/s1. The summed E-state index contributed by atoms with van der Waals surface area (Å²) in [6.45, 7) is 1.55. The molecule has 0 aliphatic carbocycles. The highest BCUT2D eigenvalue weighted by Crippen LogP contribution is 2.43. The van der Waals surface area contributed by atoms with Gasteiger partial charge >= 0.3 is 0 Å². The zero-order chi connectivity index (χ0) is 41.1. The predicted molar refractivity (Wildman–Crippen MR) is 233 cm³/mol. The van der Waals surface area contributed by atoms with Gasteiger partial charge in [-0.05, 0) is 50.4 Å². The SMILES string of the molecule is COc1ccc(Cc2cc([C@@H]3O[C@H](COCc4ccccc4)[C@@H](OCc4ccccc4)[C@H](OCc4ccccc4)[C@H]3OCc3ccccc3)c3ccccc3c2Cl)c(F)c1. The van der Waals surface area contributed by atoms with Crippen LogP contribution in [0.1, 0.15) is 45.0 Å². The molecule has 1 fully saturated rings. The molecule has 0 bridgehead atoms. The van der Waals surface area contributed by atoms with Gasteiger partial charge in [0.2, 0.25) is 0 Å². The molecule has 5 atom stereocenters. The van der Waals surface area contributed by atoms with E-state index in [-0.39, 0.29) is 18.8 Å². The molecule has 0 N–H and O–H groups in total. The van der Waals surface area contributed by atoms with Gasteiger partial charge in [0.25, 0.3) is 0 Å². The average Bonchev–Trinajstić information content (AvgIpc) is 3.30. The first-order valence-corrected chi connectivity index (χ1v) is 20.7. The van der Waals surface area contributed by atoms with Gasteiger partial charge < -0.3 is 28.4 Å². The van der Waals surface area contributed by atoms with E-state index < -0.39 is 30.5 Å². The molecular weight excluding hydrogens is 775 g/mol. The highest BCUT2D eigenvalue weighted by atomic mass is 35.5. The maximum absolute atomic E-state index is 15.5. The highest BCUT2D eigenvalue weighted by molar-refractivity contribution is 6.36. The summed E-state index contributed by atoms with van der Waals surface area (Å²) in [5.74, 6) is 0.0724. The van der Waals surface area contributed by atoms with Crippen LogP contribution in [0.2, 0.25) is 5.02 Å². The van der Waals surface area contributed by atoms with Gasteiger partial charge in [-0.1, -0.05) is 169 Å². The predicted octanol–water partition coefficient (Wildman–Crippen LogP) is 11.6. The topological polar surface area (TPSA) is 55.4 Å².